The number of pyridine rings is 1. The van der Waals surface area contributed by atoms with Gasteiger partial charge in [0.1, 0.15) is 23.0 Å². The zero-order valence-electron chi connectivity index (χ0n) is 22.1. The van der Waals surface area contributed by atoms with E-state index in [0.29, 0.717) is 33.6 Å². The van der Waals surface area contributed by atoms with Crippen molar-refractivity contribution in [1.82, 2.24) is 4.98 Å². The number of aromatic nitrogens is 1. The first-order valence-electron chi connectivity index (χ1n) is 12.0. The highest BCUT2D eigenvalue weighted by Crippen LogP contribution is 2.43. The number of nitrogens with zero attached hydrogens (tertiary/aromatic N) is 2. The number of nitrogens with one attached hydrogen (secondary N) is 1. The topological polar surface area (TPSA) is 115 Å². The number of aryl methyl sites for hydroxylation is 1. The third kappa shape index (κ3) is 7.25. The molecule has 0 aliphatic rings. The van der Waals surface area contributed by atoms with Crippen molar-refractivity contribution in [2.45, 2.75) is 50.9 Å². The largest absolute Gasteiger partial charge is 0.492 e. The van der Waals surface area contributed by atoms with Gasteiger partial charge < -0.3 is 14.8 Å². The van der Waals surface area contributed by atoms with Crippen LogP contribution in [0, 0.1) is 6.92 Å². The van der Waals surface area contributed by atoms with Crippen LogP contribution in [0.3, 0.4) is 0 Å². The third-order valence-corrected chi connectivity index (χ3v) is 9.53. The van der Waals surface area contributed by atoms with E-state index in [0.717, 1.165) is 4.31 Å². The second kappa shape index (κ2) is 12.6. The van der Waals surface area contributed by atoms with Gasteiger partial charge in [-0.3, -0.25) is 4.98 Å². The van der Waals surface area contributed by atoms with Crippen molar-refractivity contribution in [2.24, 2.45) is 0 Å². The highest BCUT2D eigenvalue weighted by molar-refractivity contribution is 7.93. The number of halogens is 2. The van der Waals surface area contributed by atoms with Crippen LogP contribution < -0.4 is 19.1 Å². The average molecular weight is 614 g/mol. The summed E-state index contributed by atoms with van der Waals surface area (Å²) in [4.78, 5) is 3.84. The second-order valence-electron chi connectivity index (χ2n) is 9.40. The molecule has 39 heavy (non-hydrogen) atoms. The molecule has 0 bridgehead atoms. The summed E-state index contributed by atoms with van der Waals surface area (Å²) in [6, 6.07) is 10.9. The lowest BCUT2D eigenvalue weighted by atomic mass is 10.2. The first-order chi connectivity index (χ1) is 18.2. The quantitative estimate of drug-likeness (QED) is 0.170. The van der Waals surface area contributed by atoms with Gasteiger partial charge in [0.15, 0.2) is 5.28 Å². The maximum Gasteiger partial charge on any atom is 0.342 e. The Balaban J connectivity index is 1.97. The summed E-state index contributed by atoms with van der Waals surface area (Å²) in [5.74, 6) is 0.477. The van der Waals surface area contributed by atoms with Gasteiger partial charge in [-0.25, -0.2) is 21.9 Å². The van der Waals surface area contributed by atoms with E-state index in [1.54, 1.807) is 45.0 Å². The van der Waals surface area contributed by atoms with Gasteiger partial charge in [0, 0.05) is 18.8 Å². The van der Waals surface area contributed by atoms with Crippen molar-refractivity contribution in [3.05, 3.63) is 70.5 Å². The molecule has 9 nitrogen and oxygen atoms in total. The van der Waals surface area contributed by atoms with E-state index in [-0.39, 0.29) is 29.0 Å². The van der Waals surface area contributed by atoms with Gasteiger partial charge >= 0.3 is 7.68 Å². The van der Waals surface area contributed by atoms with E-state index in [9.17, 15) is 17.5 Å². The second-order valence-corrected chi connectivity index (χ2v) is 13.5. The molecule has 0 radical (unpaired) electrons. The van der Waals surface area contributed by atoms with Crippen molar-refractivity contribution in [3.63, 3.8) is 0 Å². The number of hydrogen-bond donors (Lipinski definition) is 1. The van der Waals surface area contributed by atoms with Gasteiger partial charge in [-0.1, -0.05) is 35.3 Å². The summed E-state index contributed by atoms with van der Waals surface area (Å²) in [5, 5.41) is 1.91. The SMILES string of the molecule is Cc1cc(OCCNc2cncc(Cl)c2Cl)cc(N(C(C)(C)P(=O)=O)S(=O)(=O)c2ccccc2OC(C)C)c1. The van der Waals surface area contributed by atoms with E-state index in [4.69, 9.17) is 32.7 Å². The predicted octanol–water partition coefficient (Wildman–Crippen LogP) is 7.08. The molecule has 13 heteroatoms. The molecule has 0 spiro atoms. The molecule has 0 atom stereocenters. The standard InChI is InChI=1S/C26H30Cl2N3O6PS/c1-17(2)37-23-8-6-7-9-24(23)39(34,35)31(26(4,5)38(32)33)19-12-18(3)13-20(14-19)36-11-10-30-22-16-29-15-21(27)25(22)28/h6-9,12-17,30H,10-11H2,1-5H3. The van der Waals surface area contributed by atoms with Crippen molar-refractivity contribution in [1.29, 1.82) is 0 Å². The smallest absolute Gasteiger partial charge is 0.342 e. The molecule has 1 aromatic heterocycles. The van der Waals surface area contributed by atoms with E-state index in [1.165, 1.54) is 44.4 Å². The van der Waals surface area contributed by atoms with Crippen molar-refractivity contribution in [2.75, 3.05) is 22.8 Å². The Morgan fingerprint density at radius 1 is 1.10 bits per heavy atom. The van der Waals surface area contributed by atoms with Crippen LogP contribution in [0.15, 0.2) is 59.8 Å². The number of para-hydroxylation sites is 1. The average Bonchev–Trinajstić information content (AvgIpc) is 2.83. The Morgan fingerprint density at radius 2 is 1.79 bits per heavy atom. The molecular formula is C26H30Cl2N3O6PS. The van der Waals surface area contributed by atoms with Gasteiger partial charge in [0.2, 0.25) is 0 Å². The summed E-state index contributed by atoms with van der Waals surface area (Å²) in [7, 11) is -7.64. The van der Waals surface area contributed by atoms with Crippen molar-refractivity contribution < 1.29 is 27.0 Å². The molecule has 0 unspecified atom stereocenters. The Labute approximate surface area is 239 Å². The summed E-state index contributed by atoms with van der Waals surface area (Å²) >= 11 is 12.2. The number of rotatable bonds is 12. The molecule has 3 aromatic rings. The lowest BCUT2D eigenvalue weighted by molar-refractivity contribution is 0.236. The number of anilines is 2. The zero-order chi connectivity index (χ0) is 29.0. The van der Waals surface area contributed by atoms with Crippen molar-refractivity contribution in [3.8, 4) is 11.5 Å². The molecule has 0 saturated heterocycles. The molecule has 0 fully saturated rings. The number of sulfonamides is 1. The molecule has 3 rings (SSSR count). The highest BCUT2D eigenvalue weighted by atomic mass is 35.5. The number of ether oxygens (including phenoxy) is 2. The van der Waals surface area contributed by atoms with E-state index < -0.39 is 23.0 Å². The van der Waals surface area contributed by atoms with Gasteiger partial charge in [0.25, 0.3) is 10.0 Å². The summed E-state index contributed by atoms with van der Waals surface area (Å²) < 4.78 is 65.4. The fourth-order valence-corrected chi connectivity index (χ4v) is 6.66. The highest BCUT2D eigenvalue weighted by Gasteiger charge is 2.43. The van der Waals surface area contributed by atoms with Crippen LogP contribution in [0.4, 0.5) is 11.4 Å². The Morgan fingerprint density at radius 3 is 2.46 bits per heavy atom. The summed E-state index contributed by atoms with van der Waals surface area (Å²) in [5.41, 5.74) is 1.34. The summed E-state index contributed by atoms with van der Waals surface area (Å²) in [6.07, 6.45) is 2.67. The number of hydrogen-bond acceptors (Lipinski definition) is 8. The predicted molar refractivity (Wildman–Crippen MR) is 154 cm³/mol. The lowest BCUT2D eigenvalue weighted by Crippen LogP contribution is -2.45. The normalized spacial score (nSPS) is 11.8. The molecule has 2 aromatic carbocycles. The minimum absolute atomic E-state index is 0.124. The van der Waals surface area contributed by atoms with Gasteiger partial charge in [-0.2, -0.15) is 0 Å². The lowest BCUT2D eigenvalue weighted by Gasteiger charge is -2.34. The van der Waals surface area contributed by atoms with Crippen LogP contribution in [0.2, 0.25) is 10.0 Å². The zero-order valence-corrected chi connectivity index (χ0v) is 25.4. The molecule has 0 aliphatic heterocycles. The van der Waals surface area contributed by atoms with Crippen LogP contribution in [0.5, 0.6) is 11.5 Å². The Kier molecular flexibility index (Phi) is 9.93. The Hall–Kier alpha value is -2.78. The molecular weight excluding hydrogens is 584 g/mol. The molecule has 1 heterocycles. The summed E-state index contributed by atoms with van der Waals surface area (Å²) in [6.45, 7) is 8.49. The fraction of sp³-hybridized carbons (Fsp3) is 0.346. The monoisotopic (exact) mass is 613 g/mol. The minimum atomic E-state index is -4.41. The maximum absolute atomic E-state index is 14.1. The van der Waals surface area contributed by atoms with Crippen LogP contribution in [-0.4, -0.2) is 37.9 Å². The van der Waals surface area contributed by atoms with Gasteiger partial charge in [0.05, 0.1) is 33.7 Å². The van der Waals surface area contributed by atoms with Crippen LogP contribution in [0.25, 0.3) is 0 Å². The molecule has 0 amide bonds. The van der Waals surface area contributed by atoms with Gasteiger partial charge in [-0.05, 0) is 64.4 Å². The van der Waals surface area contributed by atoms with Gasteiger partial charge in [-0.15, -0.1) is 0 Å². The maximum atomic E-state index is 14.1. The van der Waals surface area contributed by atoms with E-state index in [2.05, 4.69) is 10.3 Å². The van der Waals surface area contributed by atoms with Crippen LogP contribution in [0.1, 0.15) is 33.3 Å². The minimum Gasteiger partial charge on any atom is -0.492 e. The molecule has 210 valence electrons. The van der Waals surface area contributed by atoms with Crippen LogP contribution >= 0.6 is 30.9 Å². The fourth-order valence-electron chi connectivity index (χ4n) is 3.76. The molecule has 0 aliphatic carbocycles. The first kappa shape index (κ1) is 30.8. The molecule has 1 N–H and O–H groups in total. The van der Waals surface area contributed by atoms with Crippen LogP contribution in [-0.2, 0) is 19.2 Å². The van der Waals surface area contributed by atoms with E-state index in [1.807, 2.05) is 0 Å². The number of benzene rings is 2. The third-order valence-electron chi connectivity index (χ3n) is 5.47. The first-order valence-corrected chi connectivity index (χ1v) is 15.4. The molecule has 0 saturated carbocycles. The van der Waals surface area contributed by atoms with E-state index >= 15 is 0 Å². The Bertz CT molecular complexity index is 1510. The van der Waals surface area contributed by atoms with Crippen molar-refractivity contribution >= 4 is 52.3 Å².